The maximum Gasteiger partial charge on any atom is 0.126 e. The molecule has 0 atom stereocenters. The van der Waals surface area contributed by atoms with Gasteiger partial charge in [0.25, 0.3) is 0 Å². The average molecular weight is 152 g/mol. The number of hydrogen-bond donors (Lipinski definition) is 1. The topological polar surface area (TPSA) is 20.2 Å². The van der Waals surface area contributed by atoms with Crippen LogP contribution in [0.15, 0.2) is 24.8 Å². The molecule has 0 bridgehead atoms. The van der Waals surface area contributed by atoms with Gasteiger partial charge in [-0.25, -0.2) is 4.39 Å². The van der Waals surface area contributed by atoms with E-state index in [-0.39, 0.29) is 5.75 Å². The Labute approximate surface area is 64.8 Å². The highest BCUT2D eigenvalue weighted by Gasteiger charge is 2.01. The van der Waals surface area contributed by atoms with Crippen LogP contribution in [0, 0.1) is 5.82 Å². The first-order valence-electron chi connectivity index (χ1n) is 3.25. The van der Waals surface area contributed by atoms with Crippen molar-refractivity contribution >= 4 is 5.57 Å². The van der Waals surface area contributed by atoms with E-state index in [1.165, 1.54) is 12.1 Å². The molecule has 0 aromatic heterocycles. The zero-order valence-electron chi connectivity index (χ0n) is 6.26. The predicted molar refractivity (Wildman–Crippen MR) is 42.8 cm³/mol. The van der Waals surface area contributed by atoms with E-state index in [1.54, 1.807) is 6.92 Å². The summed E-state index contributed by atoms with van der Waals surface area (Å²) in [6, 6.07) is 3.88. The Kier molecular flexibility index (Phi) is 1.94. The highest BCUT2D eigenvalue weighted by Crippen LogP contribution is 2.23. The zero-order chi connectivity index (χ0) is 8.43. The van der Waals surface area contributed by atoms with Gasteiger partial charge in [-0.05, 0) is 24.6 Å². The van der Waals surface area contributed by atoms with Crippen LogP contribution < -0.4 is 0 Å². The van der Waals surface area contributed by atoms with E-state index in [0.717, 1.165) is 11.6 Å². The van der Waals surface area contributed by atoms with Crippen molar-refractivity contribution in [2.24, 2.45) is 0 Å². The molecule has 1 aromatic carbocycles. The Morgan fingerprint density at radius 1 is 1.55 bits per heavy atom. The molecular formula is C9H9FO. The van der Waals surface area contributed by atoms with E-state index in [9.17, 15) is 4.39 Å². The molecule has 0 fully saturated rings. The Morgan fingerprint density at radius 3 is 2.64 bits per heavy atom. The molecule has 11 heavy (non-hydrogen) atoms. The first kappa shape index (κ1) is 7.79. The van der Waals surface area contributed by atoms with Crippen LogP contribution in [0.5, 0.6) is 5.75 Å². The van der Waals surface area contributed by atoms with Crippen molar-refractivity contribution in [3.63, 3.8) is 0 Å². The molecule has 0 spiro atoms. The summed E-state index contributed by atoms with van der Waals surface area (Å²) in [5.41, 5.74) is 1.31. The van der Waals surface area contributed by atoms with Crippen molar-refractivity contribution in [3.05, 3.63) is 36.2 Å². The minimum absolute atomic E-state index is 0.0579. The van der Waals surface area contributed by atoms with Crippen LogP contribution >= 0.6 is 0 Å². The fraction of sp³-hybridized carbons (Fsp3) is 0.111. The third kappa shape index (κ3) is 1.58. The highest BCUT2D eigenvalue weighted by atomic mass is 19.1. The summed E-state index contributed by atoms with van der Waals surface area (Å²) in [6.07, 6.45) is 0. The maximum atomic E-state index is 12.4. The minimum atomic E-state index is -0.437. The molecule has 1 N–H and O–H groups in total. The molecule has 0 aliphatic heterocycles. The third-order valence-corrected chi connectivity index (χ3v) is 1.42. The minimum Gasteiger partial charge on any atom is -0.507 e. The van der Waals surface area contributed by atoms with Crippen LogP contribution in [-0.2, 0) is 0 Å². The first-order valence-corrected chi connectivity index (χ1v) is 3.25. The van der Waals surface area contributed by atoms with E-state index >= 15 is 0 Å². The number of phenols is 1. The van der Waals surface area contributed by atoms with Gasteiger partial charge in [-0.2, -0.15) is 0 Å². The van der Waals surface area contributed by atoms with E-state index in [0.29, 0.717) is 5.56 Å². The van der Waals surface area contributed by atoms with Gasteiger partial charge >= 0.3 is 0 Å². The van der Waals surface area contributed by atoms with E-state index in [1.807, 2.05) is 0 Å². The molecule has 0 unspecified atom stereocenters. The van der Waals surface area contributed by atoms with Crippen molar-refractivity contribution in [2.45, 2.75) is 6.92 Å². The zero-order valence-corrected chi connectivity index (χ0v) is 6.26. The molecule has 0 saturated heterocycles. The number of benzene rings is 1. The summed E-state index contributed by atoms with van der Waals surface area (Å²) in [5.74, 6) is -0.495. The first-order chi connectivity index (χ1) is 5.11. The Bertz CT molecular complexity index is 292. The van der Waals surface area contributed by atoms with Gasteiger partial charge in [0.15, 0.2) is 0 Å². The van der Waals surface area contributed by atoms with Gasteiger partial charge in [0.05, 0.1) is 0 Å². The molecule has 2 heteroatoms. The van der Waals surface area contributed by atoms with Gasteiger partial charge in [0.1, 0.15) is 11.6 Å². The lowest BCUT2D eigenvalue weighted by molar-refractivity contribution is 0.467. The quantitative estimate of drug-likeness (QED) is 0.655. The fourth-order valence-corrected chi connectivity index (χ4v) is 0.866. The van der Waals surface area contributed by atoms with Crippen LogP contribution in [0.2, 0.25) is 0 Å². The monoisotopic (exact) mass is 152 g/mol. The normalized spacial score (nSPS) is 9.64. The Hall–Kier alpha value is -1.31. The van der Waals surface area contributed by atoms with Crippen LogP contribution in [0.1, 0.15) is 12.5 Å². The summed E-state index contributed by atoms with van der Waals surface area (Å²) in [4.78, 5) is 0. The molecule has 1 nitrogen and oxygen atoms in total. The molecule has 0 saturated carbocycles. The Balaban J connectivity index is 3.20. The van der Waals surface area contributed by atoms with E-state index < -0.39 is 5.82 Å². The van der Waals surface area contributed by atoms with Crippen LogP contribution in [0.3, 0.4) is 0 Å². The van der Waals surface area contributed by atoms with Gasteiger partial charge in [-0.1, -0.05) is 6.58 Å². The average Bonchev–Trinajstić information content (AvgIpc) is 1.85. The maximum absolute atomic E-state index is 12.4. The molecule has 0 heterocycles. The number of allylic oxidation sites excluding steroid dienone is 1. The second-order valence-electron chi connectivity index (χ2n) is 2.44. The standard InChI is InChI=1S/C9H9FO/c1-6(2)8-4-3-7(10)5-9(8)11/h3-5,11H,1H2,2H3. The Morgan fingerprint density at radius 2 is 2.18 bits per heavy atom. The second-order valence-corrected chi connectivity index (χ2v) is 2.44. The number of aromatic hydroxyl groups is 1. The number of halogens is 1. The molecule has 1 rings (SSSR count). The molecule has 0 aliphatic rings. The lowest BCUT2D eigenvalue weighted by atomic mass is 10.1. The van der Waals surface area contributed by atoms with Crippen molar-refractivity contribution in [2.75, 3.05) is 0 Å². The van der Waals surface area contributed by atoms with Crippen molar-refractivity contribution < 1.29 is 9.50 Å². The van der Waals surface area contributed by atoms with Crippen molar-refractivity contribution in [1.82, 2.24) is 0 Å². The summed E-state index contributed by atoms with van der Waals surface area (Å²) in [6.45, 7) is 5.39. The number of phenolic OH excluding ortho intramolecular Hbond substituents is 1. The number of hydrogen-bond acceptors (Lipinski definition) is 1. The summed E-state index contributed by atoms with van der Waals surface area (Å²) in [7, 11) is 0. The summed E-state index contributed by atoms with van der Waals surface area (Å²) in [5, 5.41) is 9.16. The predicted octanol–water partition coefficient (Wildman–Crippen LogP) is 2.56. The molecular weight excluding hydrogens is 143 g/mol. The van der Waals surface area contributed by atoms with Gasteiger partial charge in [0.2, 0.25) is 0 Å². The van der Waals surface area contributed by atoms with E-state index in [4.69, 9.17) is 5.11 Å². The summed E-state index contributed by atoms with van der Waals surface area (Å²) >= 11 is 0. The molecule has 58 valence electrons. The SMILES string of the molecule is C=C(C)c1ccc(F)cc1O. The lowest BCUT2D eigenvalue weighted by Gasteiger charge is -2.01. The lowest BCUT2D eigenvalue weighted by Crippen LogP contribution is -1.80. The number of rotatable bonds is 1. The molecule has 1 aromatic rings. The van der Waals surface area contributed by atoms with Crippen molar-refractivity contribution in [1.29, 1.82) is 0 Å². The van der Waals surface area contributed by atoms with Crippen LogP contribution in [0.4, 0.5) is 4.39 Å². The van der Waals surface area contributed by atoms with Gasteiger partial charge < -0.3 is 5.11 Å². The van der Waals surface area contributed by atoms with Crippen LogP contribution in [0.25, 0.3) is 5.57 Å². The van der Waals surface area contributed by atoms with Gasteiger partial charge in [0, 0.05) is 11.6 Å². The smallest absolute Gasteiger partial charge is 0.126 e. The van der Waals surface area contributed by atoms with Gasteiger partial charge in [-0.15, -0.1) is 0 Å². The third-order valence-electron chi connectivity index (χ3n) is 1.42. The largest absolute Gasteiger partial charge is 0.507 e. The molecule has 0 amide bonds. The van der Waals surface area contributed by atoms with Crippen LogP contribution in [-0.4, -0.2) is 5.11 Å². The van der Waals surface area contributed by atoms with E-state index in [2.05, 4.69) is 6.58 Å². The summed E-state index contributed by atoms with van der Waals surface area (Å²) < 4.78 is 12.4. The second kappa shape index (κ2) is 2.74. The van der Waals surface area contributed by atoms with Crippen molar-refractivity contribution in [3.8, 4) is 5.75 Å². The fourth-order valence-electron chi connectivity index (χ4n) is 0.866. The highest BCUT2D eigenvalue weighted by molar-refractivity contribution is 5.66. The molecule has 0 aliphatic carbocycles. The molecule has 0 radical (unpaired) electrons. The van der Waals surface area contributed by atoms with Gasteiger partial charge in [-0.3, -0.25) is 0 Å².